The van der Waals surface area contributed by atoms with E-state index in [2.05, 4.69) is 115 Å². The Morgan fingerprint density at radius 1 is 0.317 bits per heavy atom. The minimum atomic E-state index is 0.568. The van der Waals surface area contributed by atoms with Crippen molar-refractivity contribution in [3.05, 3.63) is 194 Å². The molecule has 280 valence electrons. The summed E-state index contributed by atoms with van der Waals surface area (Å²) in [5, 5.41) is 6.38. The summed E-state index contributed by atoms with van der Waals surface area (Å²) in [6, 6.07) is 66.4. The van der Waals surface area contributed by atoms with E-state index in [0.717, 1.165) is 88.3 Å². The number of hydrogen-bond acceptors (Lipinski definition) is 6. The second kappa shape index (κ2) is 13.7. The second-order valence-electron chi connectivity index (χ2n) is 15.0. The molecule has 12 rings (SSSR count). The van der Waals surface area contributed by atoms with Crippen LogP contribution in [0.5, 0.6) is 0 Å². The molecule has 0 atom stereocenters. The zero-order valence-corrected chi connectivity index (χ0v) is 32.1. The van der Waals surface area contributed by atoms with E-state index in [1.807, 2.05) is 78.9 Å². The second-order valence-corrected chi connectivity index (χ2v) is 15.0. The van der Waals surface area contributed by atoms with Crippen LogP contribution in [0.15, 0.2) is 203 Å². The lowest BCUT2D eigenvalue weighted by molar-refractivity contribution is 0.623. The van der Waals surface area contributed by atoms with E-state index in [1.165, 1.54) is 10.8 Å². The maximum Gasteiger partial charge on any atom is 0.227 e. The third-order valence-electron chi connectivity index (χ3n) is 11.4. The highest BCUT2D eigenvalue weighted by Gasteiger charge is 2.22. The summed E-state index contributed by atoms with van der Waals surface area (Å²) < 4.78 is 13.4. The molecule has 0 spiro atoms. The first-order valence-corrected chi connectivity index (χ1v) is 20.0. The molecule has 0 unspecified atom stereocenters. The van der Waals surface area contributed by atoms with Gasteiger partial charge in [-0.05, 0) is 63.2 Å². The Labute approximate surface area is 344 Å². The third kappa shape index (κ3) is 5.65. The molecular weight excluding hydrogens is 737 g/mol. The fourth-order valence-corrected chi connectivity index (χ4v) is 8.45. The summed E-state index contributed by atoms with van der Waals surface area (Å²) in [5.74, 6) is 2.35. The summed E-state index contributed by atoms with van der Waals surface area (Å²) in [7, 11) is 0. The molecule has 0 saturated carbocycles. The average Bonchev–Trinajstić information content (AvgIpc) is 3.94. The van der Waals surface area contributed by atoms with Crippen LogP contribution in [0.2, 0.25) is 0 Å². The van der Waals surface area contributed by atoms with Gasteiger partial charge in [-0.15, -0.1) is 0 Å². The summed E-state index contributed by atoms with van der Waals surface area (Å²) in [6.07, 6.45) is 0. The number of nitrogens with zero attached hydrogens (tertiary/aromatic N) is 4. The highest BCUT2D eigenvalue weighted by atomic mass is 16.3. The lowest BCUT2D eigenvalue weighted by Gasteiger charge is -2.10. The molecule has 12 aromatic rings. The van der Waals surface area contributed by atoms with Crippen molar-refractivity contribution in [2.45, 2.75) is 0 Å². The summed E-state index contributed by atoms with van der Waals surface area (Å²) in [4.78, 5) is 20.2. The van der Waals surface area contributed by atoms with Gasteiger partial charge in [0.2, 0.25) is 5.89 Å². The summed E-state index contributed by atoms with van der Waals surface area (Å²) in [6.45, 7) is 0. The van der Waals surface area contributed by atoms with Crippen molar-refractivity contribution >= 4 is 54.6 Å². The van der Waals surface area contributed by atoms with Crippen molar-refractivity contribution < 1.29 is 8.83 Å². The highest BCUT2D eigenvalue weighted by molar-refractivity contribution is 6.19. The quantitative estimate of drug-likeness (QED) is 0.168. The molecule has 0 N–H and O–H groups in total. The van der Waals surface area contributed by atoms with Crippen molar-refractivity contribution in [1.29, 1.82) is 0 Å². The number of oxazole rings is 1. The third-order valence-corrected chi connectivity index (χ3v) is 11.4. The SMILES string of the molecule is c1ccc(-c2nc(-c3ccc(-c4ccc5ccccc5c4)cc3)nc(-c3cccc4oc5c(-c6cccc7ccc8nc(-c9ccccc9)oc8c67)cccc5c34)n2)cc1. The first-order chi connectivity index (χ1) is 29.7. The molecular formula is C54H32N4O2. The van der Waals surface area contributed by atoms with E-state index in [0.29, 0.717) is 23.4 Å². The Hall–Kier alpha value is -8.22. The van der Waals surface area contributed by atoms with Crippen molar-refractivity contribution in [3.63, 3.8) is 0 Å². The summed E-state index contributed by atoms with van der Waals surface area (Å²) >= 11 is 0. The maximum absolute atomic E-state index is 6.83. The van der Waals surface area contributed by atoms with Crippen molar-refractivity contribution in [2.24, 2.45) is 0 Å². The molecule has 6 heteroatoms. The van der Waals surface area contributed by atoms with Crippen LogP contribution in [0.4, 0.5) is 0 Å². The molecule has 0 aliphatic carbocycles. The largest absolute Gasteiger partial charge is 0.455 e. The van der Waals surface area contributed by atoms with E-state index in [4.69, 9.17) is 28.8 Å². The molecule has 0 aliphatic rings. The molecule has 0 fully saturated rings. The standard InChI is InChI=1S/C54H32N4O2/c1-3-13-36(14-4-1)51-56-52(37-27-24-34(25-28-37)40-29-26-33-12-7-8-17-39(33)32-40)58-53(57-51)44-22-11-23-46-48(44)43-21-10-20-42(49(43)59-46)41-19-9-18-35-30-31-45-50(47(35)41)60-54(55-45)38-15-5-2-6-16-38/h1-32H. The van der Waals surface area contributed by atoms with Gasteiger partial charge >= 0.3 is 0 Å². The topological polar surface area (TPSA) is 77.8 Å². The lowest BCUT2D eigenvalue weighted by Crippen LogP contribution is -2.00. The maximum atomic E-state index is 6.83. The molecule has 0 amide bonds. The molecule has 6 nitrogen and oxygen atoms in total. The van der Waals surface area contributed by atoms with Crippen LogP contribution < -0.4 is 0 Å². The number of para-hydroxylation sites is 1. The van der Waals surface area contributed by atoms with Crippen LogP contribution >= 0.6 is 0 Å². The average molecular weight is 769 g/mol. The monoisotopic (exact) mass is 768 g/mol. The van der Waals surface area contributed by atoms with E-state index >= 15 is 0 Å². The Morgan fingerprint density at radius 2 is 0.917 bits per heavy atom. The van der Waals surface area contributed by atoms with Gasteiger partial charge in [0.05, 0.1) is 0 Å². The zero-order valence-electron chi connectivity index (χ0n) is 32.1. The Balaban J connectivity index is 1.01. The van der Waals surface area contributed by atoms with E-state index in [9.17, 15) is 0 Å². The number of furan rings is 1. The van der Waals surface area contributed by atoms with Gasteiger partial charge < -0.3 is 8.83 Å². The molecule has 0 bridgehead atoms. The minimum absolute atomic E-state index is 0.568. The van der Waals surface area contributed by atoms with Crippen molar-refractivity contribution in [1.82, 2.24) is 19.9 Å². The van der Waals surface area contributed by atoms with E-state index in [-0.39, 0.29) is 0 Å². The molecule has 60 heavy (non-hydrogen) atoms. The number of fused-ring (bicyclic) bond motifs is 7. The Kier molecular flexibility index (Phi) is 7.74. The Bertz CT molecular complexity index is 3590. The van der Waals surface area contributed by atoms with Crippen LogP contribution in [0, 0.1) is 0 Å². The normalized spacial score (nSPS) is 11.7. The minimum Gasteiger partial charge on any atom is -0.455 e. The first-order valence-electron chi connectivity index (χ1n) is 20.0. The van der Waals surface area contributed by atoms with E-state index in [1.54, 1.807) is 0 Å². The Morgan fingerprint density at radius 3 is 1.73 bits per heavy atom. The zero-order chi connectivity index (χ0) is 39.6. The number of rotatable bonds is 6. The van der Waals surface area contributed by atoms with Crippen LogP contribution in [0.1, 0.15) is 0 Å². The van der Waals surface area contributed by atoms with Crippen LogP contribution in [0.25, 0.3) is 122 Å². The molecule has 3 aromatic heterocycles. The fourth-order valence-electron chi connectivity index (χ4n) is 8.45. The number of hydrogen-bond donors (Lipinski definition) is 0. The molecule has 3 heterocycles. The predicted molar refractivity (Wildman–Crippen MR) is 242 cm³/mol. The first kappa shape index (κ1) is 33.9. The molecule has 0 radical (unpaired) electrons. The molecule has 9 aromatic carbocycles. The van der Waals surface area contributed by atoms with Gasteiger partial charge in [0.1, 0.15) is 16.7 Å². The summed E-state index contributed by atoms with van der Waals surface area (Å²) in [5.41, 5.74) is 10.9. The van der Waals surface area contributed by atoms with Crippen molar-refractivity contribution in [3.8, 4) is 67.9 Å². The van der Waals surface area contributed by atoms with Gasteiger partial charge in [0, 0.05) is 44.0 Å². The van der Waals surface area contributed by atoms with Gasteiger partial charge in [-0.2, -0.15) is 0 Å². The van der Waals surface area contributed by atoms with Gasteiger partial charge in [0.25, 0.3) is 0 Å². The van der Waals surface area contributed by atoms with E-state index < -0.39 is 0 Å². The smallest absolute Gasteiger partial charge is 0.227 e. The lowest BCUT2D eigenvalue weighted by atomic mass is 9.95. The van der Waals surface area contributed by atoms with Gasteiger partial charge in [-0.1, -0.05) is 164 Å². The van der Waals surface area contributed by atoms with Crippen molar-refractivity contribution in [2.75, 3.05) is 0 Å². The number of benzene rings is 9. The predicted octanol–water partition coefficient (Wildman–Crippen LogP) is 14.2. The van der Waals surface area contributed by atoms with Gasteiger partial charge in [-0.3, -0.25) is 0 Å². The van der Waals surface area contributed by atoms with Gasteiger partial charge in [-0.25, -0.2) is 19.9 Å². The van der Waals surface area contributed by atoms with Crippen LogP contribution in [0.3, 0.4) is 0 Å². The molecule has 0 saturated heterocycles. The fraction of sp³-hybridized carbons (Fsp3) is 0. The molecule has 0 aliphatic heterocycles. The highest BCUT2D eigenvalue weighted by Crippen LogP contribution is 2.43. The van der Waals surface area contributed by atoms with Crippen LogP contribution in [-0.4, -0.2) is 19.9 Å². The number of aromatic nitrogens is 4. The van der Waals surface area contributed by atoms with Crippen LogP contribution in [-0.2, 0) is 0 Å². The van der Waals surface area contributed by atoms with Gasteiger partial charge in [0.15, 0.2) is 23.1 Å².